The summed E-state index contributed by atoms with van der Waals surface area (Å²) in [7, 11) is 2.15. The SMILES string of the molecule is Br.CN(Cc1ccccc1)C(CN=C(N)N)C1CC1. The molecule has 1 saturated carbocycles. The van der Waals surface area contributed by atoms with Crippen LogP contribution in [0.2, 0.25) is 0 Å². The zero-order chi connectivity index (χ0) is 13.0. The van der Waals surface area contributed by atoms with Crippen molar-refractivity contribution in [1.82, 2.24) is 4.90 Å². The topological polar surface area (TPSA) is 67.6 Å². The molecule has 19 heavy (non-hydrogen) atoms. The molecule has 4 nitrogen and oxygen atoms in total. The van der Waals surface area contributed by atoms with Gasteiger partial charge in [0.05, 0.1) is 6.54 Å². The predicted octanol–water partition coefficient (Wildman–Crippen LogP) is 1.75. The lowest BCUT2D eigenvalue weighted by Crippen LogP contribution is -2.37. The number of halogens is 1. The van der Waals surface area contributed by atoms with Crippen LogP contribution >= 0.6 is 17.0 Å². The molecular formula is C14H23BrN4. The van der Waals surface area contributed by atoms with Gasteiger partial charge in [-0.25, -0.2) is 0 Å². The van der Waals surface area contributed by atoms with Crippen LogP contribution in [0.5, 0.6) is 0 Å². The molecule has 0 aromatic heterocycles. The molecule has 5 heteroatoms. The maximum atomic E-state index is 5.42. The molecule has 2 rings (SSSR count). The standard InChI is InChI=1S/C14H22N4.BrH/c1-18(10-11-5-3-2-4-6-11)13(12-7-8-12)9-17-14(15)16;/h2-6,12-13H,7-10H2,1H3,(H4,15,16,17);1H. The van der Waals surface area contributed by atoms with Crippen LogP contribution in [0.25, 0.3) is 0 Å². The quantitative estimate of drug-likeness (QED) is 0.618. The van der Waals surface area contributed by atoms with E-state index in [9.17, 15) is 0 Å². The number of benzene rings is 1. The van der Waals surface area contributed by atoms with Crippen molar-refractivity contribution in [3.05, 3.63) is 35.9 Å². The second-order valence-corrected chi connectivity index (χ2v) is 5.07. The molecule has 1 aliphatic carbocycles. The minimum atomic E-state index is 0. The largest absolute Gasteiger partial charge is 0.370 e. The molecule has 4 N–H and O–H groups in total. The third-order valence-electron chi connectivity index (χ3n) is 3.47. The number of nitrogens with zero attached hydrogens (tertiary/aromatic N) is 2. The van der Waals surface area contributed by atoms with Gasteiger partial charge in [-0.15, -0.1) is 17.0 Å². The number of hydrogen-bond acceptors (Lipinski definition) is 2. The number of aliphatic imine (C=N–C) groups is 1. The Bertz CT molecular complexity index is 399. The summed E-state index contributed by atoms with van der Waals surface area (Å²) < 4.78 is 0. The highest BCUT2D eigenvalue weighted by atomic mass is 79.9. The van der Waals surface area contributed by atoms with Crippen molar-refractivity contribution in [3.8, 4) is 0 Å². The van der Waals surface area contributed by atoms with Crippen LogP contribution in [0, 0.1) is 5.92 Å². The van der Waals surface area contributed by atoms with Gasteiger partial charge in [0.25, 0.3) is 0 Å². The van der Waals surface area contributed by atoms with Crippen molar-refractivity contribution in [2.45, 2.75) is 25.4 Å². The van der Waals surface area contributed by atoms with Gasteiger partial charge < -0.3 is 11.5 Å². The number of hydrogen-bond donors (Lipinski definition) is 2. The molecule has 1 unspecified atom stereocenters. The van der Waals surface area contributed by atoms with Gasteiger partial charge in [-0.2, -0.15) is 0 Å². The molecule has 1 aliphatic rings. The molecule has 106 valence electrons. The third-order valence-corrected chi connectivity index (χ3v) is 3.47. The zero-order valence-electron chi connectivity index (χ0n) is 11.3. The average molecular weight is 327 g/mol. The van der Waals surface area contributed by atoms with Gasteiger partial charge in [0, 0.05) is 12.6 Å². The Morgan fingerprint density at radius 1 is 1.32 bits per heavy atom. The molecule has 0 aliphatic heterocycles. The van der Waals surface area contributed by atoms with Gasteiger partial charge in [-0.05, 0) is 31.4 Å². The predicted molar refractivity (Wildman–Crippen MR) is 85.4 cm³/mol. The zero-order valence-corrected chi connectivity index (χ0v) is 13.0. The Morgan fingerprint density at radius 2 is 1.95 bits per heavy atom. The minimum absolute atomic E-state index is 0. The van der Waals surface area contributed by atoms with Gasteiger partial charge in [0.2, 0.25) is 0 Å². The van der Waals surface area contributed by atoms with E-state index >= 15 is 0 Å². The van der Waals surface area contributed by atoms with E-state index in [-0.39, 0.29) is 22.9 Å². The summed E-state index contributed by atoms with van der Waals surface area (Å²) in [6, 6.07) is 11.0. The lowest BCUT2D eigenvalue weighted by molar-refractivity contribution is 0.216. The summed E-state index contributed by atoms with van der Waals surface area (Å²) >= 11 is 0. The average Bonchev–Trinajstić information content (AvgIpc) is 3.14. The van der Waals surface area contributed by atoms with Crippen LogP contribution in [-0.4, -0.2) is 30.5 Å². The summed E-state index contributed by atoms with van der Waals surface area (Å²) in [5.74, 6) is 0.940. The van der Waals surface area contributed by atoms with Crippen LogP contribution < -0.4 is 11.5 Å². The molecule has 0 saturated heterocycles. The van der Waals surface area contributed by atoms with E-state index in [4.69, 9.17) is 11.5 Å². The third kappa shape index (κ3) is 5.20. The van der Waals surface area contributed by atoms with E-state index in [1.54, 1.807) is 0 Å². The number of guanidine groups is 1. The van der Waals surface area contributed by atoms with E-state index in [0.29, 0.717) is 12.6 Å². The van der Waals surface area contributed by atoms with Crippen molar-refractivity contribution >= 4 is 22.9 Å². The highest BCUT2D eigenvalue weighted by Crippen LogP contribution is 2.35. The van der Waals surface area contributed by atoms with Crippen molar-refractivity contribution in [2.24, 2.45) is 22.4 Å². The Kier molecular flexibility index (Phi) is 6.31. The van der Waals surface area contributed by atoms with Crippen LogP contribution in [0.15, 0.2) is 35.3 Å². The smallest absolute Gasteiger partial charge is 0.185 e. The van der Waals surface area contributed by atoms with Gasteiger partial charge in [-0.1, -0.05) is 30.3 Å². The summed E-state index contributed by atoms with van der Waals surface area (Å²) in [6.07, 6.45) is 2.59. The van der Waals surface area contributed by atoms with Crippen molar-refractivity contribution in [2.75, 3.05) is 13.6 Å². The maximum Gasteiger partial charge on any atom is 0.185 e. The molecule has 0 heterocycles. The first-order valence-corrected chi connectivity index (χ1v) is 6.46. The van der Waals surface area contributed by atoms with Crippen molar-refractivity contribution in [3.63, 3.8) is 0 Å². The van der Waals surface area contributed by atoms with Crippen LogP contribution in [0.3, 0.4) is 0 Å². The maximum absolute atomic E-state index is 5.42. The second kappa shape index (κ2) is 7.50. The van der Waals surface area contributed by atoms with Crippen molar-refractivity contribution < 1.29 is 0 Å². The van der Waals surface area contributed by atoms with Crippen LogP contribution in [0.4, 0.5) is 0 Å². The van der Waals surface area contributed by atoms with E-state index in [1.807, 2.05) is 6.07 Å². The molecule has 0 spiro atoms. The molecule has 0 amide bonds. The summed E-state index contributed by atoms with van der Waals surface area (Å²) in [5, 5.41) is 0. The number of nitrogens with two attached hydrogens (primary N) is 2. The van der Waals surface area contributed by atoms with Gasteiger partial charge in [0.1, 0.15) is 0 Å². The molecule has 1 fully saturated rings. The van der Waals surface area contributed by atoms with E-state index in [2.05, 4.69) is 41.2 Å². The summed E-state index contributed by atoms with van der Waals surface area (Å²) in [5.41, 5.74) is 12.2. The molecule has 0 radical (unpaired) electrons. The molecule has 0 bridgehead atoms. The van der Waals surface area contributed by atoms with E-state index in [0.717, 1.165) is 12.5 Å². The fraction of sp³-hybridized carbons (Fsp3) is 0.500. The minimum Gasteiger partial charge on any atom is -0.370 e. The van der Waals surface area contributed by atoms with Gasteiger partial charge in [-0.3, -0.25) is 9.89 Å². The highest BCUT2D eigenvalue weighted by molar-refractivity contribution is 8.93. The Hall–Kier alpha value is -1.07. The lowest BCUT2D eigenvalue weighted by atomic mass is 10.1. The van der Waals surface area contributed by atoms with Gasteiger partial charge >= 0.3 is 0 Å². The first kappa shape index (κ1) is 16.0. The summed E-state index contributed by atoms with van der Waals surface area (Å²) in [6.45, 7) is 1.65. The molecule has 1 aromatic carbocycles. The van der Waals surface area contributed by atoms with E-state index in [1.165, 1.54) is 18.4 Å². The van der Waals surface area contributed by atoms with E-state index < -0.39 is 0 Å². The second-order valence-electron chi connectivity index (χ2n) is 5.07. The Balaban J connectivity index is 0.00000180. The Morgan fingerprint density at radius 3 is 2.47 bits per heavy atom. The molecule has 1 atom stereocenters. The monoisotopic (exact) mass is 326 g/mol. The highest BCUT2D eigenvalue weighted by Gasteiger charge is 2.33. The lowest BCUT2D eigenvalue weighted by Gasteiger charge is -2.27. The number of rotatable bonds is 6. The molecular weight excluding hydrogens is 304 g/mol. The van der Waals surface area contributed by atoms with Crippen LogP contribution in [0.1, 0.15) is 18.4 Å². The number of likely N-dealkylation sites (N-methyl/N-ethyl adjacent to an activating group) is 1. The Labute approximate surface area is 125 Å². The first-order valence-electron chi connectivity index (χ1n) is 6.46. The normalized spacial score (nSPS) is 15.7. The van der Waals surface area contributed by atoms with Gasteiger partial charge in [0.15, 0.2) is 5.96 Å². The molecule has 1 aromatic rings. The fourth-order valence-electron chi connectivity index (χ4n) is 2.32. The first-order chi connectivity index (χ1) is 8.66. The summed E-state index contributed by atoms with van der Waals surface area (Å²) in [4.78, 5) is 6.54. The van der Waals surface area contributed by atoms with Crippen LogP contribution in [-0.2, 0) is 6.54 Å². The fourth-order valence-corrected chi connectivity index (χ4v) is 2.32. The van der Waals surface area contributed by atoms with Crippen molar-refractivity contribution in [1.29, 1.82) is 0 Å².